The topological polar surface area (TPSA) is 69.6 Å². The first kappa shape index (κ1) is 21.3. The van der Waals surface area contributed by atoms with E-state index < -0.39 is 23.7 Å². The molecule has 154 valence electrons. The van der Waals surface area contributed by atoms with Gasteiger partial charge in [0.2, 0.25) is 5.91 Å². The molecular formula is C20H18BrF3N2O3. The second-order valence-electron chi connectivity index (χ2n) is 7.03. The summed E-state index contributed by atoms with van der Waals surface area (Å²) in [6, 6.07) is 9.30. The molecule has 1 aliphatic rings. The molecule has 29 heavy (non-hydrogen) atoms. The molecule has 0 radical (unpaired) electrons. The molecule has 0 aromatic heterocycles. The minimum atomic E-state index is -4.83. The number of anilines is 1. The van der Waals surface area contributed by atoms with E-state index in [2.05, 4.69) is 21.2 Å². The Morgan fingerprint density at radius 2 is 1.79 bits per heavy atom. The lowest BCUT2D eigenvalue weighted by atomic mass is 9.95. The van der Waals surface area contributed by atoms with E-state index in [0.717, 1.165) is 22.2 Å². The number of halogens is 4. The fourth-order valence-electron chi connectivity index (χ4n) is 3.25. The summed E-state index contributed by atoms with van der Waals surface area (Å²) in [5, 5.41) is 12.4. The van der Waals surface area contributed by atoms with Crippen LogP contribution < -0.4 is 5.32 Å². The Bertz CT molecular complexity index is 958. The number of nitrogens with zero attached hydrogens (tertiary/aromatic N) is 1. The number of amides is 2. The number of benzene rings is 2. The molecule has 2 unspecified atom stereocenters. The third-order valence-corrected chi connectivity index (χ3v) is 5.46. The highest BCUT2D eigenvalue weighted by Crippen LogP contribution is 2.39. The van der Waals surface area contributed by atoms with Crippen molar-refractivity contribution in [2.45, 2.75) is 38.2 Å². The van der Waals surface area contributed by atoms with Gasteiger partial charge in [-0.2, -0.15) is 13.2 Å². The summed E-state index contributed by atoms with van der Waals surface area (Å²) in [6.07, 6.45) is -4.83. The molecular weight excluding hydrogens is 453 g/mol. The first-order valence-corrected chi connectivity index (χ1v) is 9.47. The normalized spacial score (nSPS) is 18.2. The van der Waals surface area contributed by atoms with Gasteiger partial charge >= 0.3 is 6.18 Å². The van der Waals surface area contributed by atoms with E-state index in [0.29, 0.717) is 12.5 Å². The molecule has 0 saturated heterocycles. The van der Waals surface area contributed by atoms with Crippen LogP contribution in [-0.4, -0.2) is 28.0 Å². The van der Waals surface area contributed by atoms with Gasteiger partial charge in [-0.15, -0.1) is 0 Å². The maximum atomic E-state index is 13.0. The summed E-state index contributed by atoms with van der Waals surface area (Å²) in [5.41, 5.74) is -1.56. The van der Waals surface area contributed by atoms with Gasteiger partial charge in [-0.3, -0.25) is 9.59 Å². The summed E-state index contributed by atoms with van der Waals surface area (Å²) in [4.78, 5) is 26.3. The van der Waals surface area contributed by atoms with Crippen LogP contribution >= 0.6 is 15.9 Å². The Morgan fingerprint density at radius 1 is 1.17 bits per heavy atom. The van der Waals surface area contributed by atoms with Crippen LogP contribution in [-0.2, 0) is 21.7 Å². The predicted molar refractivity (Wildman–Crippen MR) is 104 cm³/mol. The zero-order valence-electron chi connectivity index (χ0n) is 15.5. The van der Waals surface area contributed by atoms with Gasteiger partial charge in [0.1, 0.15) is 6.04 Å². The minimum absolute atomic E-state index is 0.255. The van der Waals surface area contributed by atoms with Crippen molar-refractivity contribution in [2.75, 3.05) is 5.32 Å². The van der Waals surface area contributed by atoms with Gasteiger partial charge in [0.15, 0.2) is 5.60 Å². The number of carbonyl (C=O) groups excluding carboxylic acids is 2. The van der Waals surface area contributed by atoms with Crippen LogP contribution in [0.1, 0.15) is 36.6 Å². The van der Waals surface area contributed by atoms with Gasteiger partial charge in [0, 0.05) is 23.6 Å². The SMILES string of the molecule is CC(=O)N1Cc2cc(Br)ccc2C1C(=O)Nc1ccc(C(C)(O)C(F)(F)F)cc1. The van der Waals surface area contributed by atoms with Crippen molar-refractivity contribution in [1.29, 1.82) is 0 Å². The maximum Gasteiger partial charge on any atom is 0.421 e. The molecule has 0 saturated carbocycles. The summed E-state index contributed by atoms with van der Waals surface area (Å²) >= 11 is 3.36. The number of hydrogen-bond donors (Lipinski definition) is 2. The molecule has 1 aliphatic heterocycles. The molecule has 2 aromatic rings. The second kappa shape index (κ2) is 7.46. The van der Waals surface area contributed by atoms with Crippen molar-refractivity contribution in [3.8, 4) is 0 Å². The monoisotopic (exact) mass is 470 g/mol. The predicted octanol–water partition coefficient (Wildman–Crippen LogP) is 4.26. The molecule has 2 amide bonds. The third kappa shape index (κ3) is 4.02. The van der Waals surface area contributed by atoms with Crippen molar-refractivity contribution in [3.63, 3.8) is 0 Å². The summed E-state index contributed by atoms with van der Waals surface area (Å²) in [6.45, 7) is 2.32. The number of nitrogens with one attached hydrogen (secondary N) is 1. The van der Waals surface area contributed by atoms with Crippen molar-refractivity contribution < 1.29 is 27.9 Å². The highest BCUT2D eigenvalue weighted by molar-refractivity contribution is 9.10. The Morgan fingerprint density at radius 3 is 2.34 bits per heavy atom. The fourth-order valence-corrected chi connectivity index (χ4v) is 3.66. The van der Waals surface area contributed by atoms with Crippen molar-refractivity contribution in [1.82, 2.24) is 4.90 Å². The molecule has 3 rings (SSSR count). The molecule has 2 N–H and O–H groups in total. The Hall–Kier alpha value is -2.39. The lowest BCUT2D eigenvalue weighted by Gasteiger charge is -2.27. The Balaban J connectivity index is 1.84. The third-order valence-electron chi connectivity index (χ3n) is 4.97. The average molecular weight is 471 g/mol. The quantitative estimate of drug-likeness (QED) is 0.703. The first-order chi connectivity index (χ1) is 13.4. The van der Waals surface area contributed by atoms with Crippen LogP contribution in [0.5, 0.6) is 0 Å². The molecule has 2 aromatic carbocycles. The van der Waals surface area contributed by atoms with E-state index in [1.165, 1.54) is 24.0 Å². The van der Waals surface area contributed by atoms with Crippen molar-refractivity contribution in [2.24, 2.45) is 0 Å². The standard InChI is InChI=1S/C20H18BrF3N2O3/c1-11(27)26-10-12-9-14(21)5-8-16(12)17(26)18(28)25-15-6-3-13(4-7-15)19(2,29)20(22,23)24/h3-9,17,29H,10H2,1-2H3,(H,25,28). The smallest absolute Gasteiger partial charge is 0.376 e. The van der Waals surface area contributed by atoms with E-state index in [-0.39, 0.29) is 23.7 Å². The van der Waals surface area contributed by atoms with Gasteiger partial charge in [0.05, 0.1) is 0 Å². The largest absolute Gasteiger partial charge is 0.421 e. The lowest BCUT2D eigenvalue weighted by molar-refractivity contribution is -0.258. The molecule has 0 aliphatic carbocycles. The maximum absolute atomic E-state index is 13.0. The van der Waals surface area contributed by atoms with Gasteiger partial charge in [-0.25, -0.2) is 0 Å². The molecule has 0 bridgehead atoms. The number of carbonyl (C=O) groups is 2. The zero-order valence-corrected chi connectivity index (χ0v) is 17.1. The highest BCUT2D eigenvalue weighted by atomic mass is 79.9. The van der Waals surface area contributed by atoms with Gasteiger partial charge in [-0.1, -0.05) is 34.1 Å². The van der Waals surface area contributed by atoms with Crippen LogP contribution in [0.3, 0.4) is 0 Å². The molecule has 2 atom stereocenters. The van der Waals surface area contributed by atoms with Crippen molar-refractivity contribution >= 4 is 33.4 Å². The minimum Gasteiger partial charge on any atom is -0.376 e. The number of fused-ring (bicyclic) bond motifs is 1. The van der Waals surface area contributed by atoms with E-state index in [4.69, 9.17) is 0 Å². The molecule has 5 nitrogen and oxygen atoms in total. The molecule has 9 heteroatoms. The molecule has 0 fully saturated rings. The molecule has 0 spiro atoms. The van der Waals surface area contributed by atoms with Crippen LogP contribution in [0, 0.1) is 0 Å². The number of alkyl halides is 3. The van der Waals surface area contributed by atoms with Crippen molar-refractivity contribution in [3.05, 3.63) is 63.6 Å². The Labute approximate surface area is 173 Å². The van der Waals surface area contributed by atoms with E-state index >= 15 is 0 Å². The summed E-state index contributed by atoms with van der Waals surface area (Å²) in [7, 11) is 0. The number of aliphatic hydroxyl groups is 1. The fraction of sp³-hybridized carbons (Fsp3) is 0.300. The van der Waals surface area contributed by atoms with Crippen LogP contribution in [0.25, 0.3) is 0 Å². The van der Waals surface area contributed by atoms with Crippen LogP contribution in [0.15, 0.2) is 46.9 Å². The van der Waals surface area contributed by atoms with E-state index in [9.17, 15) is 27.9 Å². The van der Waals surface area contributed by atoms with Gasteiger partial charge in [-0.05, 0) is 47.9 Å². The van der Waals surface area contributed by atoms with E-state index in [1.807, 2.05) is 6.07 Å². The summed E-state index contributed by atoms with van der Waals surface area (Å²) < 4.78 is 39.7. The number of rotatable bonds is 3. The lowest BCUT2D eigenvalue weighted by Crippen LogP contribution is -2.39. The second-order valence-corrected chi connectivity index (χ2v) is 7.94. The van der Waals surface area contributed by atoms with Gasteiger partial charge in [0.25, 0.3) is 5.91 Å². The van der Waals surface area contributed by atoms with Crippen LogP contribution in [0.4, 0.5) is 18.9 Å². The Kier molecular flexibility index (Phi) is 5.48. The average Bonchev–Trinajstić information content (AvgIpc) is 3.00. The summed E-state index contributed by atoms with van der Waals surface area (Å²) in [5.74, 6) is -0.745. The number of hydrogen-bond acceptors (Lipinski definition) is 3. The van der Waals surface area contributed by atoms with Gasteiger partial charge < -0.3 is 15.3 Å². The van der Waals surface area contributed by atoms with E-state index in [1.54, 1.807) is 12.1 Å². The highest BCUT2D eigenvalue weighted by Gasteiger charge is 2.51. The molecule has 1 heterocycles. The first-order valence-electron chi connectivity index (χ1n) is 8.68. The van der Waals surface area contributed by atoms with Crippen LogP contribution in [0.2, 0.25) is 0 Å². The zero-order chi connectivity index (χ0) is 21.6.